The molecule has 2 N–H and O–H groups in total. The van der Waals surface area contributed by atoms with Crippen LogP contribution in [0, 0.1) is 0 Å². The zero-order chi connectivity index (χ0) is 9.47. The van der Waals surface area contributed by atoms with Crippen molar-refractivity contribution in [1.82, 2.24) is 9.97 Å². The second-order valence-electron chi connectivity index (χ2n) is 2.52. The number of aromatic amines is 2. The fourth-order valence-electron chi connectivity index (χ4n) is 1.02. The van der Waals surface area contributed by atoms with E-state index in [0.29, 0.717) is 5.52 Å². The fraction of sp³-hybridized carbons (Fsp3) is 0.143. The number of hydrogen-bond donors (Lipinski definition) is 1. The first-order valence-corrected chi connectivity index (χ1v) is 3.51. The summed E-state index contributed by atoms with van der Waals surface area (Å²) in [5.74, 6) is -0.982. The molecule has 0 aromatic carbocycles. The molecule has 2 heterocycles. The van der Waals surface area contributed by atoms with Crippen LogP contribution in [0.4, 0.5) is 13.2 Å². The first-order chi connectivity index (χ1) is 6.07. The quantitative estimate of drug-likeness (QED) is 0.667. The summed E-state index contributed by atoms with van der Waals surface area (Å²) >= 11 is 0. The van der Waals surface area contributed by atoms with E-state index in [9.17, 15) is 13.2 Å². The summed E-state index contributed by atoms with van der Waals surface area (Å²) in [4.78, 5) is 8.12. The number of imidazole rings is 1. The summed E-state index contributed by atoms with van der Waals surface area (Å²) in [5, 5.41) is 0. The lowest BCUT2D eigenvalue weighted by molar-refractivity contribution is -0.347. The van der Waals surface area contributed by atoms with Gasteiger partial charge in [0, 0.05) is 0 Å². The number of pyridine rings is 1. The molecular weight excluding hydrogens is 183 g/mol. The average Bonchev–Trinajstić information content (AvgIpc) is 2.45. The summed E-state index contributed by atoms with van der Waals surface area (Å²) < 4.78 is 36.4. The number of halogens is 3. The van der Waals surface area contributed by atoms with Crippen molar-refractivity contribution < 1.29 is 18.2 Å². The van der Waals surface area contributed by atoms with Gasteiger partial charge in [-0.3, -0.25) is 0 Å². The Labute approximate surface area is 70.6 Å². The highest BCUT2D eigenvalue weighted by atomic mass is 19.4. The normalized spacial score (nSPS) is 12.2. The third kappa shape index (κ3) is 1.34. The molecule has 68 valence electrons. The van der Waals surface area contributed by atoms with Crippen LogP contribution >= 0.6 is 0 Å². The first-order valence-electron chi connectivity index (χ1n) is 3.51. The maximum absolute atomic E-state index is 12.1. The zero-order valence-electron chi connectivity index (χ0n) is 6.31. The highest BCUT2D eigenvalue weighted by Gasteiger charge is 2.39. The van der Waals surface area contributed by atoms with Crippen molar-refractivity contribution in [2.45, 2.75) is 6.18 Å². The van der Waals surface area contributed by atoms with Crippen LogP contribution in [0.5, 0.6) is 0 Å². The second kappa shape index (κ2) is 2.45. The Balaban J connectivity index is 2.63. The summed E-state index contributed by atoms with van der Waals surface area (Å²) in [7, 11) is 0. The van der Waals surface area contributed by atoms with Crippen LogP contribution in [0.1, 0.15) is 5.82 Å². The number of nitrogens with one attached hydrogen (secondary N) is 2. The Hall–Kier alpha value is -1.59. The van der Waals surface area contributed by atoms with Crippen molar-refractivity contribution in [3.05, 3.63) is 24.2 Å². The first kappa shape index (κ1) is 8.03. The molecule has 0 unspecified atom stereocenters. The van der Waals surface area contributed by atoms with E-state index in [0.717, 1.165) is 0 Å². The molecule has 2 rings (SSSR count). The molecular formula is C7H5F3N3+. The molecule has 13 heavy (non-hydrogen) atoms. The van der Waals surface area contributed by atoms with Gasteiger partial charge in [-0.05, 0) is 17.1 Å². The summed E-state index contributed by atoms with van der Waals surface area (Å²) in [6, 6.07) is 3.12. The Morgan fingerprint density at radius 1 is 1.38 bits per heavy atom. The Kier molecular flexibility index (Phi) is 1.51. The lowest BCUT2D eigenvalue weighted by atomic mass is 10.4. The van der Waals surface area contributed by atoms with E-state index in [4.69, 9.17) is 0 Å². The molecule has 0 saturated heterocycles. The van der Waals surface area contributed by atoms with E-state index < -0.39 is 12.0 Å². The summed E-state index contributed by atoms with van der Waals surface area (Å²) in [6.45, 7) is 0. The number of H-pyrrole nitrogens is 2. The van der Waals surface area contributed by atoms with Crippen molar-refractivity contribution >= 4 is 11.2 Å². The number of aromatic nitrogens is 3. The van der Waals surface area contributed by atoms with Crippen LogP contribution in [0.15, 0.2) is 18.3 Å². The maximum Gasteiger partial charge on any atom is 0.475 e. The number of rotatable bonds is 0. The highest BCUT2D eigenvalue weighted by Crippen LogP contribution is 2.27. The molecule has 0 aliphatic rings. The third-order valence-electron chi connectivity index (χ3n) is 1.58. The van der Waals surface area contributed by atoms with Crippen molar-refractivity contribution in [1.29, 1.82) is 0 Å². The minimum Gasteiger partial charge on any atom is -0.308 e. The molecule has 3 nitrogen and oxygen atoms in total. The van der Waals surface area contributed by atoms with Crippen molar-refractivity contribution in [2.75, 3.05) is 0 Å². The number of alkyl halides is 3. The van der Waals surface area contributed by atoms with Gasteiger partial charge in [-0.25, -0.2) is 4.98 Å². The molecule has 0 bridgehead atoms. The van der Waals surface area contributed by atoms with E-state index in [-0.39, 0.29) is 5.65 Å². The molecule has 2 aromatic rings. The molecule has 2 aromatic heterocycles. The topological polar surface area (TPSA) is 42.8 Å². The lowest BCUT2D eigenvalue weighted by Gasteiger charge is -1.94. The highest BCUT2D eigenvalue weighted by molar-refractivity contribution is 5.66. The lowest BCUT2D eigenvalue weighted by Crippen LogP contribution is -2.07. The van der Waals surface area contributed by atoms with Crippen LogP contribution in [0.25, 0.3) is 11.2 Å². The SMILES string of the molecule is FC(F)(F)c1nc2[nH+]cccc2[nH]1. The van der Waals surface area contributed by atoms with Crippen LogP contribution in [0.3, 0.4) is 0 Å². The van der Waals surface area contributed by atoms with Crippen LogP contribution < -0.4 is 4.98 Å². The number of nitrogens with zero attached hydrogens (tertiary/aromatic N) is 1. The van der Waals surface area contributed by atoms with E-state index in [1.807, 2.05) is 0 Å². The van der Waals surface area contributed by atoms with E-state index >= 15 is 0 Å². The van der Waals surface area contributed by atoms with Gasteiger partial charge in [0.05, 0.1) is 6.20 Å². The summed E-state index contributed by atoms with van der Waals surface area (Å²) in [6.07, 6.45) is -2.91. The molecule has 0 saturated carbocycles. The third-order valence-corrected chi connectivity index (χ3v) is 1.58. The smallest absolute Gasteiger partial charge is 0.308 e. The van der Waals surface area contributed by atoms with Gasteiger partial charge < -0.3 is 4.98 Å². The van der Waals surface area contributed by atoms with Crippen molar-refractivity contribution in [3.63, 3.8) is 0 Å². The summed E-state index contributed by atoms with van der Waals surface area (Å²) in [5.41, 5.74) is 0.546. The molecule has 0 aliphatic heterocycles. The second-order valence-corrected chi connectivity index (χ2v) is 2.52. The fourth-order valence-corrected chi connectivity index (χ4v) is 1.02. The van der Waals surface area contributed by atoms with Gasteiger partial charge in [0.25, 0.3) is 0 Å². The minimum atomic E-state index is -4.42. The maximum atomic E-state index is 12.1. The van der Waals surface area contributed by atoms with Gasteiger partial charge in [-0.15, -0.1) is 0 Å². The average molecular weight is 188 g/mol. The monoisotopic (exact) mass is 188 g/mol. The van der Waals surface area contributed by atoms with Crippen LogP contribution in [0.2, 0.25) is 0 Å². The predicted octanol–water partition coefficient (Wildman–Crippen LogP) is 1.40. The molecule has 0 atom stereocenters. The van der Waals surface area contributed by atoms with Gasteiger partial charge in [0.2, 0.25) is 0 Å². The van der Waals surface area contributed by atoms with E-state index in [2.05, 4.69) is 15.0 Å². The molecule has 6 heteroatoms. The van der Waals surface area contributed by atoms with Crippen LogP contribution in [-0.4, -0.2) is 9.97 Å². The Morgan fingerprint density at radius 2 is 2.15 bits per heavy atom. The largest absolute Gasteiger partial charge is 0.475 e. The number of hydrogen-bond acceptors (Lipinski definition) is 1. The molecule has 0 fully saturated rings. The zero-order valence-corrected chi connectivity index (χ0v) is 6.31. The van der Waals surface area contributed by atoms with E-state index in [1.165, 1.54) is 12.3 Å². The van der Waals surface area contributed by atoms with Crippen molar-refractivity contribution in [3.8, 4) is 0 Å². The Morgan fingerprint density at radius 3 is 2.77 bits per heavy atom. The van der Waals surface area contributed by atoms with Gasteiger partial charge in [0.1, 0.15) is 5.52 Å². The van der Waals surface area contributed by atoms with Gasteiger partial charge in [-0.1, -0.05) is 0 Å². The minimum absolute atomic E-state index is 0.204. The van der Waals surface area contributed by atoms with E-state index in [1.54, 1.807) is 6.07 Å². The number of fused-ring (bicyclic) bond motifs is 1. The van der Waals surface area contributed by atoms with Gasteiger partial charge >= 0.3 is 17.6 Å². The molecule has 0 radical (unpaired) electrons. The van der Waals surface area contributed by atoms with Gasteiger partial charge in [-0.2, -0.15) is 13.2 Å². The van der Waals surface area contributed by atoms with Crippen LogP contribution in [-0.2, 0) is 6.18 Å². The van der Waals surface area contributed by atoms with Crippen molar-refractivity contribution in [2.24, 2.45) is 0 Å². The molecule has 0 amide bonds. The van der Waals surface area contributed by atoms with Gasteiger partial charge in [0.15, 0.2) is 0 Å². The molecule has 0 spiro atoms. The molecule has 0 aliphatic carbocycles. The predicted molar refractivity (Wildman–Crippen MR) is 37.7 cm³/mol. The Bertz CT molecular complexity index is 399. The standard InChI is InChI=1S/C7H4F3N3/c8-7(9,10)6-12-4-2-1-3-11-5(4)13-6/h1-3H,(H,11,12,13)/p+1.